The van der Waals surface area contributed by atoms with E-state index in [9.17, 15) is 9.90 Å². The van der Waals surface area contributed by atoms with E-state index >= 15 is 0 Å². The lowest BCUT2D eigenvalue weighted by atomic mass is 9.50. The smallest absolute Gasteiger partial charge is 0.254 e. The van der Waals surface area contributed by atoms with Crippen molar-refractivity contribution >= 4 is 17.8 Å². The van der Waals surface area contributed by atoms with Crippen LogP contribution in [0.5, 0.6) is 0 Å². The van der Waals surface area contributed by atoms with Crippen LogP contribution in [-0.4, -0.2) is 34.7 Å². The quantitative estimate of drug-likeness (QED) is 0.755. The number of hydrogen-bond acceptors (Lipinski definition) is 3. The first-order valence-electron chi connectivity index (χ1n) is 11.3. The molecule has 0 aromatic heterocycles. The highest BCUT2D eigenvalue weighted by Gasteiger charge is 2.57. The zero-order valence-corrected chi connectivity index (χ0v) is 19.2. The number of hydrogen-bond donors (Lipinski definition) is 1. The van der Waals surface area contributed by atoms with Crippen molar-refractivity contribution in [3.63, 3.8) is 0 Å². The summed E-state index contributed by atoms with van der Waals surface area (Å²) < 4.78 is 0. The molecule has 2 bridgehead atoms. The maximum atomic E-state index is 13.6. The molecule has 2 aliphatic heterocycles. The zero-order valence-electron chi connectivity index (χ0n) is 19.2. The molecule has 31 heavy (non-hydrogen) atoms. The normalized spacial score (nSPS) is 25.9. The van der Waals surface area contributed by atoms with Crippen LogP contribution in [0, 0.1) is 5.41 Å². The summed E-state index contributed by atoms with van der Waals surface area (Å²) in [6, 6.07) is 12.5. The fourth-order valence-electron chi connectivity index (χ4n) is 5.94. The summed E-state index contributed by atoms with van der Waals surface area (Å²) in [6.07, 6.45) is 4.48. The maximum absolute atomic E-state index is 13.6. The van der Waals surface area contributed by atoms with Crippen LogP contribution >= 0.6 is 0 Å². The first-order chi connectivity index (χ1) is 14.5. The highest BCUT2D eigenvalue weighted by atomic mass is 16.3. The topological polar surface area (TPSA) is 52.9 Å². The molecule has 3 aliphatic rings. The van der Waals surface area contributed by atoms with Gasteiger partial charge in [-0.1, -0.05) is 39.0 Å². The second-order valence-electron chi connectivity index (χ2n) is 10.8. The van der Waals surface area contributed by atoms with E-state index in [1.165, 1.54) is 11.1 Å². The highest BCUT2D eigenvalue weighted by molar-refractivity contribution is 5.96. The van der Waals surface area contributed by atoms with Crippen molar-refractivity contribution in [1.82, 2.24) is 4.90 Å². The van der Waals surface area contributed by atoms with Crippen molar-refractivity contribution in [2.75, 3.05) is 6.54 Å². The third-order valence-corrected chi connectivity index (χ3v) is 8.44. The Morgan fingerprint density at radius 3 is 2.65 bits per heavy atom. The fraction of sp³-hybridized carbons (Fsp3) is 0.481. The number of rotatable bonds is 2. The van der Waals surface area contributed by atoms with Gasteiger partial charge in [-0.2, -0.15) is 0 Å². The molecule has 0 saturated carbocycles. The Balaban J connectivity index is 1.53. The molecule has 1 N–H and O–H groups in total. The zero-order chi connectivity index (χ0) is 22.2. The SMILES string of the molecule is CC(C)(O)c1ccc2c(c1)[C@]1(C)CCN(C(=O)c3ccc4c(c3)CC=N4)[C@H](C2)C1(C)C. The van der Waals surface area contributed by atoms with E-state index in [-0.39, 0.29) is 22.8 Å². The van der Waals surface area contributed by atoms with Crippen LogP contribution in [0.1, 0.15) is 73.7 Å². The molecular weight excluding hydrogens is 384 g/mol. The lowest BCUT2D eigenvalue weighted by molar-refractivity contribution is -0.0264. The van der Waals surface area contributed by atoms with Gasteiger partial charge < -0.3 is 10.0 Å². The van der Waals surface area contributed by atoms with Crippen molar-refractivity contribution in [3.8, 4) is 0 Å². The standard InChI is InChI=1S/C27H32N2O2/c1-25(2)23-15-17-6-8-20(26(3,4)31)16-21(17)27(25,5)11-13-29(23)24(30)19-7-9-22-18(14-19)10-12-28-22/h6-9,12,14,16,23,31H,10-11,13,15H2,1-5H3/t23-,27+/m1/s1. The minimum Gasteiger partial charge on any atom is -0.386 e. The molecule has 1 saturated heterocycles. The van der Waals surface area contributed by atoms with E-state index in [0.29, 0.717) is 0 Å². The second kappa shape index (κ2) is 6.52. The van der Waals surface area contributed by atoms with Gasteiger partial charge in [-0.25, -0.2) is 0 Å². The molecule has 1 aliphatic carbocycles. The van der Waals surface area contributed by atoms with Crippen molar-refractivity contribution in [1.29, 1.82) is 0 Å². The number of benzene rings is 2. The van der Waals surface area contributed by atoms with E-state index in [4.69, 9.17) is 0 Å². The van der Waals surface area contributed by atoms with Crippen LogP contribution in [0.15, 0.2) is 41.4 Å². The van der Waals surface area contributed by atoms with Crippen LogP contribution < -0.4 is 0 Å². The van der Waals surface area contributed by atoms with Gasteiger partial charge in [-0.15, -0.1) is 0 Å². The predicted octanol–water partition coefficient (Wildman–Crippen LogP) is 4.93. The van der Waals surface area contributed by atoms with E-state index in [1.807, 2.05) is 44.3 Å². The number of carbonyl (C=O) groups excluding carboxylic acids is 1. The molecule has 2 atom stereocenters. The average molecular weight is 417 g/mol. The number of nitrogens with zero attached hydrogens (tertiary/aromatic N) is 2. The predicted molar refractivity (Wildman–Crippen MR) is 124 cm³/mol. The van der Waals surface area contributed by atoms with E-state index in [0.717, 1.165) is 48.2 Å². The van der Waals surface area contributed by atoms with Gasteiger partial charge in [-0.3, -0.25) is 9.79 Å². The molecule has 2 aromatic carbocycles. The van der Waals surface area contributed by atoms with E-state index < -0.39 is 5.60 Å². The minimum atomic E-state index is -0.861. The highest BCUT2D eigenvalue weighted by Crippen LogP contribution is 2.56. The summed E-state index contributed by atoms with van der Waals surface area (Å²) in [5.74, 6) is 0.131. The molecule has 1 amide bonds. The first-order valence-corrected chi connectivity index (χ1v) is 11.3. The van der Waals surface area contributed by atoms with Crippen molar-refractivity contribution < 1.29 is 9.90 Å². The van der Waals surface area contributed by atoms with Crippen LogP contribution in [-0.2, 0) is 23.9 Å². The molecule has 0 spiro atoms. The van der Waals surface area contributed by atoms with Crippen LogP contribution in [0.3, 0.4) is 0 Å². The number of aliphatic imine (C=N–C) groups is 1. The third-order valence-electron chi connectivity index (χ3n) is 8.44. The van der Waals surface area contributed by atoms with Crippen molar-refractivity contribution in [2.24, 2.45) is 10.4 Å². The molecule has 4 nitrogen and oxygen atoms in total. The molecular formula is C27H32N2O2. The Bertz CT molecular complexity index is 1110. The van der Waals surface area contributed by atoms with Gasteiger partial charge in [-0.05, 0) is 72.6 Å². The van der Waals surface area contributed by atoms with Crippen molar-refractivity contribution in [3.05, 3.63) is 64.2 Å². The number of aliphatic hydroxyl groups is 1. The van der Waals surface area contributed by atoms with Gasteiger partial charge in [0.15, 0.2) is 0 Å². The summed E-state index contributed by atoms with van der Waals surface area (Å²) in [7, 11) is 0. The Morgan fingerprint density at radius 2 is 1.90 bits per heavy atom. The summed E-state index contributed by atoms with van der Waals surface area (Å²) >= 11 is 0. The largest absolute Gasteiger partial charge is 0.386 e. The molecule has 0 radical (unpaired) electrons. The lowest BCUT2D eigenvalue weighted by Crippen LogP contribution is -2.64. The second-order valence-corrected chi connectivity index (χ2v) is 10.8. The maximum Gasteiger partial charge on any atom is 0.254 e. The number of amides is 1. The number of fused-ring (bicyclic) bond motifs is 5. The summed E-state index contributed by atoms with van der Waals surface area (Å²) in [5.41, 5.74) is 5.51. The Hall–Kier alpha value is -2.46. The average Bonchev–Trinajstić information content (AvgIpc) is 3.17. The van der Waals surface area contributed by atoms with E-state index in [2.05, 4.69) is 42.8 Å². The first kappa shape index (κ1) is 20.4. The molecule has 4 heteroatoms. The monoisotopic (exact) mass is 416 g/mol. The summed E-state index contributed by atoms with van der Waals surface area (Å²) in [6.45, 7) is 11.4. The van der Waals surface area contributed by atoms with Crippen LogP contribution in [0.2, 0.25) is 0 Å². The van der Waals surface area contributed by atoms with Gasteiger partial charge in [0.05, 0.1) is 11.3 Å². The van der Waals surface area contributed by atoms with Gasteiger partial charge in [0, 0.05) is 36.2 Å². The van der Waals surface area contributed by atoms with E-state index in [1.54, 1.807) is 0 Å². The Labute approximate surface area is 185 Å². The molecule has 162 valence electrons. The van der Waals surface area contributed by atoms with Crippen molar-refractivity contribution in [2.45, 2.75) is 70.9 Å². The van der Waals surface area contributed by atoms with Gasteiger partial charge in [0.25, 0.3) is 5.91 Å². The summed E-state index contributed by atoms with van der Waals surface area (Å²) in [4.78, 5) is 20.1. The number of likely N-dealkylation sites (tertiary alicyclic amines) is 1. The lowest BCUT2D eigenvalue weighted by Gasteiger charge is -2.61. The molecule has 2 heterocycles. The van der Waals surface area contributed by atoms with Gasteiger partial charge >= 0.3 is 0 Å². The van der Waals surface area contributed by atoms with Gasteiger partial charge in [0.2, 0.25) is 0 Å². The molecule has 5 rings (SSSR count). The Morgan fingerprint density at radius 1 is 1.13 bits per heavy atom. The third kappa shape index (κ3) is 2.91. The molecule has 0 unspecified atom stereocenters. The fourth-order valence-corrected chi connectivity index (χ4v) is 5.94. The van der Waals surface area contributed by atoms with Crippen LogP contribution in [0.4, 0.5) is 5.69 Å². The van der Waals surface area contributed by atoms with Crippen LogP contribution in [0.25, 0.3) is 0 Å². The molecule has 2 aromatic rings. The summed E-state index contributed by atoms with van der Waals surface area (Å²) in [5, 5.41) is 10.6. The number of carbonyl (C=O) groups is 1. The number of piperidine rings is 1. The minimum absolute atomic E-state index is 0.0466. The molecule has 1 fully saturated rings. The Kier molecular flexibility index (Phi) is 4.30. The van der Waals surface area contributed by atoms with Gasteiger partial charge in [0.1, 0.15) is 0 Å².